The van der Waals surface area contributed by atoms with Gasteiger partial charge >= 0.3 is 0 Å². The molecule has 2 saturated heterocycles. The van der Waals surface area contributed by atoms with Crippen LogP contribution in [0.3, 0.4) is 0 Å². The van der Waals surface area contributed by atoms with Crippen LogP contribution in [0.4, 0.5) is 0 Å². The monoisotopic (exact) mass is 354 g/mol. The molecule has 25 heavy (non-hydrogen) atoms. The zero-order chi connectivity index (χ0) is 18.5. The summed E-state index contributed by atoms with van der Waals surface area (Å²) in [6.45, 7) is 8.37. The summed E-state index contributed by atoms with van der Waals surface area (Å²) in [7, 11) is 0. The van der Waals surface area contributed by atoms with Gasteiger partial charge in [-0.3, -0.25) is 0 Å². The molecule has 6 nitrogen and oxygen atoms in total. The second kappa shape index (κ2) is 8.58. The van der Waals surface area contributed by atoms with Crippen LogP contribution in [-0.2, 0) is 25.6 Å². The molecular weight excluding hydrogens is 324 g/mol. The third kappa shape index (κ3) is 7.40. The van der Waals surface area contributed by atoms with E-state index in [1.807, 2.05) is 32.0 Å². The SMILES string of the molecule is CC(C)(O)O.CC1(C)OCC(C2OCCC2OCc2ccccc2)O1. The molecule has 2 N–H and O–H groups in total. The molecule has 0 amide bonds. The molecule has 0 radical (unpaired) electrons. The third-order valence-corrected chi connectivity index (χ3v) is 3.78. The van der Waals surface area contributed by atoms with Crippen LogP contribution in [0, 0.1) is 0 Å². The van der Waals surface area contributed by atoms with Gasteiger partial charge in [-0.15, -0.1) is 0 Å². The third-order valence-electron chi connectivity index (χ3n) is 3.78. The number of benzene rings is 1. The Labute approximate surface area is 149 Å². The molecule has 0 saturated carbocycles. The van der Waals surface area contributed by atoms with Gasteiger partial charge in [0.1, 0.15) is 12.2 Å². The Morgan fingerprint density at radius 1 is 1.20 bits per heavy atom. The first-order chi connectivity index (χ1) is 11.6. The summed E-state index contributed by atoms with van der Waals surface area (Å²) in [6.07, 6.45) is 0.934. The van der Waals surface area contributed by atoms with Crippen LogP contribution in [0.1, 0.15) is 39.7 Å². The molecule has 0 aliphatic carbocycles. The van der Waals surface area contributed by atoms with E-state index in [0.717, 1.165) is 13.0 Å². The Balaban J connectivity index is 0.000000399. The fraction of sp³-hybridized carbons (Fsp3) is 0.684. The van der Waals surface area contributed by atoms with Crippen molar-refractivity contribution in [3.05, 3.63) is 35.9 Å². The molecule has 0 bridgehead atoms. The summed E-state index contributed by atoms with van der Waals surface area (Å²) < 4.78 is 23.3. The second-order valence-electron chi connectivity index (χ2n) is 7.32. The first-order valence-corrected chi connectivity index (χ1v) is 8.68. The summed E-state index contributed by atoms with van der Waals surface area (Å²) in [5.41, 5.74) is 1.18. The number of hydrogen-bond acceptors (Lipinski definition) is 6. The molecule has 6 heteroatoms. The van der Waals surface area contributed by atoms with Gasteiger partial charge in [0, 0.05) is 6.61 Å². The van der Waals surface area contributed by atoms with E-state index < -0.39 is 11.6 Å². The lowest BCUT2D eigenvalue weighted by molar-refractivity contribution is -0.161. The van der Waals surface area contributed by atoms with Crippen molar-refractivity contribution in [1.82, 2.24) is 0 Å². The topological polar surface area (TPSA) is 77.4 Å². The lowest BCUT2D eigenvalue weighted by Gasteiger charge is -2.25. The maximum atomic E-state index is 8.08. The van der Waals surface area contributed by atoms with Gasteiger partial charge in [0.2, 0.25) is 0 Å². The summed E-state index contributed by atoms with van der Waals surface area (Å²) in [5.74, 6) is -2.01. The predicted octanol–water partition coefficient (Wildman–Crippen LogP) is 2.22. The standard InChI is InChI=1S/C16H22O4.C3H8O2/c1-16(2)19-11-14(20-16)15-13(8-9-17-15)18-10-12-6-4-3-5-7-12;1-3(2,4)5/h3-7,13-15H,8-11H2,1-2H3;4-5H,1-2H3. The highest BCUT2D eigenvalue weighted by Crippen LogP contribution is 2.31. The van der Waals surface area contributed by atoms with E-state index in [2.05, 4.69) is 12.1 Å². The van der Waals surface area contributed by atoms with Crippen molar-refractivity contribution < 1.29 is 29.2 Å². The number of ether oxygens (including phenoxy) is 4. The van der Waals surface area contributed by atoms with Crippen molar-refractivity contribution in [2.24, 2.45) is 0 Å². The molecule has 2 aliphatic rings. The van der Waals surface area contributed by atoms with Gasteiger partial charge in [0.25, 0.3) is 0 Å². The Morgan fingerprint density at radius 3 is 2.40 bits per heavy atom. The van der Waals surface area contributed by atoms with Crippen LogP contribution in [0.2, 0.25) is 0 Å². The Bertz CT molecular complexity index is 504. The quantitative estimate of drug-likeness (QED) is 0.808. The van der Waals surface area contributed by atoms with Gasteiger partial charge in [-0.2, -0.15) is 0 Å². The Morgan fingerprint density at radius 2 is 1.84 bits per heavy atom. The van der Waals surface area contributed by atoms with Crippen LogP contribution >= 0.6 is 0 Å². The summed E-state index contributed by atoms with van der Waals surface area (Å²) >= 11 is 0. The van der Waals surface area contributed by atoms with Crippen LogP contribution in [0.25, 0.3) is 0 Å². The van der Waals surface area contributed by atoms with Crippen molar-refractivity contribution in [2.45, 2.75) is 70.6 Å². The minimum Gasteiger partial charge on any atom is -0.373 e. The van der Waals surface area contributed by atoms with Crippen molar-refractivity contribution >= 4 is 0 Å². The van der Waals surface area contributed by atoms with Crippen LogP contribution in [-0.4, -0.2) is 53.3 Å². The molecule has 142 valence electrons. The molecule has 2 aliphatic heterocycles. The fourth-order valence-corrected chi connectivity index (χ4v) is 2.77. The summed E-state index contributed by atoms with van der Waals surface area (Å²) in [4.78, 5) is 0. The number of rotatable bonds is 4. The maximum absolute atomic E-state index is 8.08. The zero-order valence-corrected chi connectivity index (χ0v) is 15.5. The zero-order valence-electron chi connectivity index (χ0n) is 15.5. The van der Waals surface area contributed by atoms with Crippen LogP contribution < -0.4 is 0 Å². The molecule has 0 aromatic heterocycles. The number of hydrogen-bond donors (Lipinski definition) is 2. The normalized spacial score (nSPS) is 28.5. The molecule has 2 fully saturated rings. The van der Waals surface area contributed by atoms with Gasteiger partial charge in [0.15, 0.2) is 11.6 Å². The second-order valence-corrected chi connectivity index (χ2v) is 7.32. The highest BCUT2D eigenvalue weighted by molar-refractivity contribution is 5.13. The highest BCUT2D eigenvalue weighted by Gasteiger charge is 2.43. The fourth-order valence-electron chi connectivity index (χ4n) is 2.77. The van der Waals surface area contributed by atoms with E-state index in [0.29, 0.717) is 13.2 Å². The van der Waals surface area contributed by atoms with Gasteiger partial charge in [-0.1, -0.05) is 30.3 Å². The van der Waals surface area contributed by atoms with E-state index in [-0.39, 0.29) is 18.3 Å². The summed E-state index contributed by atoms with van der Waals surface area (Å²) in [5, 5.41) is 16.2. The van der Waals surface area contributed by atoms with Crippen LogP contribution in [0.15, 0.2) is 30.3 Å². The van der Waals surface area contributed by atoms with Crippen LogP contribution in [0.5, 0.6) is 0 Å². The molecule has 1 aromatic carbocycles. The minimum atomic E-state index is -1.50. The average molecular weight is 354 g/mol. The van der Waals surface area contributed by atoms with Crippen molar-refractivity contribution in [1.29, 1.82) is 0 Å². The van der Waals surface area contributed by atoms with E-state index >= 15 is 0 Å². The minimum absolute atomic E-state index is 0.0273. The van der Waals surface area contributed by atoms with Crippen molar-refractivity contribution in [3.8, 4) is 0 Å². The van der Waals surface area contributed by atoms with E-state index in [4.69, 9.17) is 29.2 Å². The van der Waals surface area contributed by atoms with Crippen molar-refractivity contribution in [2.75, 3.05) is 13.2 Å². The van der Waals surface area contributed by atoms with Crippen molar-refractivity contribution in [3.63, 3.8) is 0 Å². The molecule has 0 spiro atoms. The first-order valence-electron chi connectivity index (χ1n) is 8.68. The average Bonchev–Trinajstić information content (AvgIpc) is 3.10. The first kappa shape index (κ1) is 20.3. The van der Waals surface area contributed by atoms with Gasteiger partial charge in [-0.05, 0) is 39.7 Å². The van der Waals surface area contributed by atoms with E-state index in [1.165, 1.54) is 19.4 Å². The lowest BCUT2D eigenvalue weighted by atomic mass is 10.1. The predicted molar refractivity (Wildman–Crippen MR) is 92.8 cm³/mol. The molecule has 3 unspecified atom stereocenters. The lowest BCUT2D eigenvalue weighted by Crippen LogP contribution is -2.38. The number of aliphatic hydroxyl groups is 2. The highest BCUT2D eigenvalue weighted by atomic mass is 16.8. The molecule has 2 heterocycles. The molecular formula is C19H30O6. The van der Waals surface area contributed by atoms with Gasteiger partial charge in [-0.25, -0.2) is 0 Å². The van der Waals surface area contributed by atoms with E-state index in [1.54, 1.807) is 0 Å². The molecule has 3 atom stereocenters. The van der Waals surface area contributed by atoms with Gasteiger partial charge in [0.05, 0.1) is 19.3 Å². The largest absolute Gasteiger partial charge is 0.373 e. The Hall–Kier alpha value is -1.02. The maximum Gasteiger partial charge on any atom is 0.163 e. The Kier molecular flexibility index (Phi) is 6.96. The summed E-state index contributed by atoms with van der Waals surface area (Å²) in [6, 6.07) is 10.2. The van der Waals surface area contributed by atoms with E-state index in [9.17, 15) is 0 Å². The van der Waals surface area contributed by atoms with Gasteiger partial charge < -0.3 is 29.2 Å². The smallest absolute Gasteiger partial charge is 0.163 e. The molecule has 3 rings (SSSR count). The molecule has 1 aromatic rings.